The molecule has 7 heteroatoms. The molecule has 134 valence electrons. The van der Waals surface area contributed by atoms with Gasteiger partial charge < -0.3 is 10.6 Å². The fourth-order valence-electron chi connectivity index (χ4n) is 3.59. The summed E-state index contributed by atoms with van der Waals surface area (Å²) in [6, 6.07) is 4.24. The average molecular weight is 379 g/mol. The van der Waals surface area contributed by atoms with Gasteiger partial charge in [-0.25, -0.2) is 4.98 Å². The molecule has 1 atom stereocenters. The summed E-state index contributed by atoms with van der Waals surface area (Å²) in [5.41, 5.74) is 8.17. The van der Waals surface area contributed by atoms with Crippen molar-refractivity contribution in [3.8, 4) is 10.6 Å². The number of carbonyl (C=O) groups excluding carboxylic acids is 1. The average Bonchev–Trinajstić information content (AvgIpc) is 3.06. The number of thiazole rings is 1. The van der Waals surface area contributed by atoms with Crippen LogP contribution in [0.5, 0.6) is 0 Å². The van der Waals surface area contributed by atoms with Crippen LogP contribution in [-0.4, -0.2) is 39.9 Å². The van der Waals surface area contributed by atoms with Gasteiger partial charge in [0.25, 0.3) is 0 Å². The maximum atomic E-state index is 12.8. The second-order valence-corrected chi connectivity index (χ2v) is 7.81. The van der Waals surface area contributed by atoms with Gasteiger partial charge >= 0.3 is 0 Å². The molecular formula is C18H23ClN4OS. The highest BCUT2D eigenvalue weighted by molar-refractivity contribution is 7.15. The number of aromatic nitrogens is 2. The van der Waals surface area contributed by atoms with E-state index in [0.717, 1.165) is 61.5 Å². The Morgan fingerprint density at radius 2 is 1.92 bits per heavy atom. The van der Waals surface area contributed by atoms with Crippen LogP contribution in [0.3, 0.4) is 0 Å². The lowest BCUT2D eigenvalue weighted by atomic mass is 9.89. The molecule has 2 aromatic rings. The number of likely N-dealkylation sites (tertiary alicyclic amines) is 1. The summed E-state index contributed by atoms with van der Waals surface area (Å²) in [7, 11) is 0. The highest BCUT2D eigenvalue weighted by atomic mass is 35.5. The molecule has 0 saturated carbocycles. The van der Waals surface area contributed by atoms with Crippen molar-refractivity contribution in [2.75, 3.05) is 13.1 Å². The molecule has 1 aliphatic heterocycles. The molecule has 2 aromatic heterocycles. The predicted octanol–water partition coefficient (Wildman–Crippen LogP) is 2.68. The minimum Gasteiger partial charge on any atom is -0.342 e. The van der Waals surface area contributed by atoms with Crippen LogP contribution in [0.1, 0.15) is 29.8 Å². The summed E-state index contributed by atoms with van der Waals surface area (Å²) < 4.78 is 0. The summed E-state index contributed by atoms with van der Waals surface area (Å²) in [5.74, 6) is 0.380. The summed E-state index contributed by atoms with van der Waals surface area (Å²) in [6.45, 7) is 1.62. The van der Waals surface area contributed by atoms with Crippen LogP contribution >= 0.6 is 23.7 Å². The van der Waals surface area contributed by atoms with Crippen LogP contribution in [0.4, 0.5) is 0 Å². The molecule has 0 bridgehead atoms. The van der Waals surface area contributed by atoms with E-state index in [-0.39, 0.29) is 24.4 Å². The fraction of sp³-hybridized carbons (Fsp3) is 0.500. The smallest absolute Gasteiger partial charge is 0.226 e. The zero-order valence-electron chi connectivity index (χ0n) is 14.1. The summed E-state index contributed by atoms with van der Waals surface area (Å²) in [4.78, 5) is 25.0. The number of aryl methyl sites for hydroxylation is 1. The number of amides is 1. The van der Waals surface area contributed by atoms with Gasteiger partial charge in [-0.05, 0) is 37.8 Å². The fourth-order valence-corrected chi connectivity index (χ4v) is 4.70. The summed E-state index contributed by atoms with van der Waals surface area (Å²) in [5, 5.41) is 1.04. The lowest BCUT2D eigenvalue weighted by Gasteiger charge is -2.33. The summed E-state index contributed by atoms with van der Waals surface area (Å²) in [6.07, 6.45) is 8.11. The SMILES string of the molecule is Cl.NC1CCN(C(=O)C2CCc3sc(-c4ccncc4)nc3C2)CC1. The largest absolute Gasteiger partial charge is 0.342 e. The topological polar surface area (TPSA) is 72.1 Å². The van der Waals surface area contributed by atoms with E-state index >= 15 is 0 Å². The van der Waals surface area contributed by atoms with Crippen molar-refractivity contribution in [2.24, 2.45) is 11.7 Å². The molecule has 2 aliphatic rings. The number of nitrogens with two attached hydrogens (primary N) is 1. The molecule has 2 N–H and O–H groups in total. The highest BCUT2D eigenvalue weighted by Gasteiger charge is 2.31. The number of pyridine rings is 1. The maximum absolute atomic E-state index is 12.8. The molecule has 0 spiro atoms. The monoisotopic (exact) mass is 378 g/mol. The molecule has 4 rings (SSSR count). The molecule has 0 radical (unpaired) electrons. The third kappa shape index (κ3) is 3.86. The maximum Gasteiger partial charge on any atom is 0.226 e. The predicted molar refractivity (Wildman–Crippen MR) is 102 cm³/mol. The standard InChI is InChI=1S/C18H22N4OS.ClH/c19-14-5-9-22(10-6-14)18(23)13-1-2-16-15(11-13)21-17(24-16)12-3-7-20-8-4-12;/h3-4,7-8,13-14H,1-2,5-6,9-11,19H2;1H. The lowest BCUT2D eigenvalue weighted by Crippen LogP contribution is -2.46. The van der Waals surface area contributed by atoms with E-state index in [2.05, 4.69) is 4.98 Å². The van der Waals surface area contributed by atoms with Crippen molar-refractivity contribution < 1.29 is 4.79 Å². The van der Waals surface area contributed by atoms with Crippen LogP contribution < -0.4 is 5.73 Å². The molecule has 1 aliphatic carbocycles. The van der Waals surface area contributed by atoms with Crippen molar-refractivity contribution in [3.63, 3.8) is 0 Å². The number of rotatable bonds is 2. The number of nitrogens with zero attached hydrogens (tertiary/aromatic N) is 3. The van der Waals surface area contributed by atoms with Crippen molar-refractivity contribution in [2.45, 2.75) is 38.1 Å². The van der Waals surface area contributed by atoms with Gasteiger partial charge in [0, 0.05) is 54.3 Å². The molecule has 25 heavy (non-hydrogen) atoms. The van der Waals surface area contributed by atoms with Crippen molar-refractivity contribution in [1.29, 1.82) is 0 Å². The molecular weight excluding hydrogens is 356 g/mol. The quantitative estimate of drug-likeness (QED) is 0.872. The molecule has 1 saturated heterocycles. The van der Waals surface area contributed by atoms with Crippen LogP contribution in [0.2, 0.25) is 0 Å². The minimum atomic E-state index is 0. The summed E-state index contributed by atoms with van der Waals surface area (Å²) >= 11 is 1.76. The zero-order valence-corrected chi connectivity index (χ0v) is 15.7. The number of piperidine rings is 1. The third-order valence-corrected chi connectivity index (χ3v) is 6.27. The highest BCUT2D eigenvalue weighted by Crippen LogP contribution is 2.35. The first-order valence-corrected chi connectivity index (χ1v) is 9.45. The van der Waals surface area contributed by atoms with Gasteiger partial charge in [0.1, 0.15) is 5.01 Å². The number of halogens is 1. The van der Waals surface area contributed by atoms with E-state index in [1.165, 1.54) is 4.88 Å². The van der Waals surface area contributed by atoms with Crippen molar-refractivity contribution in [1.82, 2.24) is 14.9 Å². The van der Waals surface area contributed by atoms with Crippen molar-refractivity contribution >= 4 is 29.7 Å². The van der Waals surface area contributed by atoms with Gasteiger partial charge in [0.05, 0.1) is 5.69 Å². The Balaban J connectivity index is 0.00000182. The zero-order chi connectivity index (χ0) is 16.5. The molecule has 3 heterocycles. The number of carbonyl (C=O) groups is 1. The number of fused-ring (bicyclic) bond motifs is 1. The third-order valence-electron chi connectivity index (χ3n) is 5.07. The molecule has 5 nitrogen and oxygen atoms in total. The second-order valence-electron chi connectivity index (χ2n) is 6.73. The lowest BCUT2D eigenvalue weighted by molar-refractivity contribution is -0.137. The minimum absolute atomic E-state index is 0. The van der Waals surface area contributed by atoms with E-state index in [1.807, 2.05) is 17.0 Å². The first-order valence-electron chi connectivity index (χ1n) is 8.64. The molecule has 0 aromatic carbocycles. The Morgan fingerprint density at radius 1 is 1.20 bits per heavy atom. The Labute approximate surface area is 158 Å². The molecule has 1 fully saturated rings. The Morgan fingerprint density at radius 3 is 2.64 bits per heavy atom. The van der Waals surface area contributed by atoms with Gasteiger partial charge in [-0.3, -0.25) is 9.78 Å². The van der Waals surface area contributed by atoms with Crippen LogP contribution in [-0.2, 0) is 17.6 Å². The van der Waals surface area contributed by atoms with Gasteiger partial charge in [-0.2, -0.15) is 0 Å². The van der Waals surface area contributed by atoms with Gasteiger partial charge in [-0.15, -0.1) is 23.7 Å². The normalized spacial score (nSPS) is 20.7. The number of hydrogen-bond donors (Lipinski definition) is 1. The first kappa shape index (κ1) is 18.3. The number of hydrogen-bond acceptors (Lipinski definition) is 5. The Bertz CT molecular complexity index is 728. The van der Waals surface area contributed by atoms with Crippen LogP contribution in [0.15, 0.2) is 24.5 Å². The van der Waals surface area contributed by atoms with E-state index in [9.17, 15) is 4.79 Å². The molecule has 1 amide bonds. The van der Waals surface area contributed by atoms with E-state index in [4.69, 9.17) is 10.7 Å². The van der Waals surface area contributed by atoms with E-state index in [1.54, 1.807) is 23.7 Å². The Kier molecular flexibility index (Phi) is 5.71. The van der Waals surface area contributed by atoms with Crippen LogP contribution in [0.25, 0.3) is 10.6 Å². The van der Waals surface area contributed by atoms with E-state index < -0.39 is 0 Å². The van der Waals surface area contributed by atoms with Crippen molar-refractivity contribution in [3.05, 3.63) is 35.1 Å². The molecule has 1 unspecified atom stereocenters. The first-order chi connectivity index (χ1) is 11.7. The van der Waals surface area contributed by atoms with E-state index in [0.29, 0.717) is 5.91 Å². The van der Waals surface area contributed by atoms with Crippen LogP contribution in [0, 0.1) is 5.92 Å². The Hall–Kier alpha value is -1.50. The van der Waals surface area contributed by atoms with Gasteiger partial charge in [-0.1, -0.05) is 0 Å². The van der Waals surface area contributed by atoms with Gasteiger partial charge in [0.15, 0.2) is 0 Å². The van der Waals surface area contributed by atoms with Gasteiger partial charge in [0.2, 0.25) is 5.91 Å². The second kappa shape index (κ2) is 7.81.